The highest BCUT2D eigenvalue weighted by Gasteiger charge is 2.25. The van der Waals surface area contributed by atoms with E-state index in [1.165, 1.54) is 54.6 Å². The largest absolute Gasteiger partial charge is 0.439 e. The summed E-state index contributed by atoms with van der Waals surface area (Å²) in [4.78, 5) is 45.7. The van der Waals surface area contributed by atoms with Crippen LogP contribution in [0.15, 0.2) is 72.8 Å². The van der Waals surface area contributed by atoms with E-state index >= 15 is 0 Å². The number of aromatic nitrogens is 3. The van der Waals surface area contributed by atoms with Gasteiger partial charge in [-0.25, -0.2) is 0 Å². The fraction of sp³-hybridized carbons (Fsp3) is 0. The minimum atomic E-state index is -0.720. The first kappa shape index (κ1) is 26.8. The van der Waals surface area contributed by atoms with Gasteiger partial charge in [0.05, 0.1) is 14.8 Å². The summed E-state index contributed by atoms with van der Waals surface area (Å²) in [7, 11) is 0. The van der Waals surface area contributed by atoms with Gasteiger partial charge in [-0.1, -0.05) is 0 Å². The Bertz CT molecular complexity index is 1980. The molecule has 0 unspecified atom stereocenters. The molecule has 0 radical (unpaired) electrons. The van der Waals surface area contributed by atoms with Gasteiger partial charge in [0.25, 0.3) is 0 Å². The van der Waals surface area contributed by atoms with Crippen LogP contribution in [0.5, 0.6) is 69.8 Å². The molecular formula is C27H12N6O12. The average molecular weight is 612 g/mol. The lowest BCUT2D eigenvalue weighted by Gasteiger charge is -2.16. The molecule has 3 aliphatic heterocycles. The Kier molecular flexibility index (Phi) is 6.13. The third-order valence-corrected chi connectivity index (χ3v) is 6.05. The number of hydrogen-bond acceptors (Lipinski definition) is 15. The molecule has 6 heterocycles. The van der Waals surface area contributed by atoms with Crippen molar-refractivity contribution in [1.82, 2.24) is 15.0 Å². The normalized spacial score (nSPS) is 12.3. The topological polar surface area (TPSA) is 223 Å². The van der Waals surface area contributed by atoms with Gasteiger partial charge in [0.1, 0.15) is 34.5 Å². The fourth-order valence-corrected chi connectivity index (χ4v) is 4.20. The molecular weight excluding hydrogens is 600 g/mol. The van der Waals surface area contributed by atoms with Crippen molar-refractivity contribution in [2.75, 3.05) is 0 Å². The van der Waals surface area contributed by atoms with E-state index in [1.54, 1.807) is 0 Å². The lowest BCUT2D eigenvalue weighted by atomic mass is 10.3. The van der Waals surface area contributed by atoms with Crippen molar-refractivity contribution in [2.45, 2.75) is 0 Å². The SMILES string of the molecule is O=[N+]([O-])c1ccc2nc1Oc1cc3cc(c1)Oc1ccc([N+](=O)[O-])c(n1)Oc1cc(cc(c1)Oc1nc(ccc1[N+](=O)[O-])O3)O2. The van der Waals surface area contributed by atoms with Crippen LogP contribution in [0.1, 0.15) is 0 Å². The lowest BCUT2D eigenvalue weighted by molar-refractivity contribution is -0.386. The molecule has 18 nitrogen and oxygen atoms in total. The van der Waals surface area contributed by atoms with E-state index in [1.807, 2.05) is 0 Å². The van der Waals surface area contributed by atoms with Crippen molar-refractivity contribution in [3.8, 4) is 69.8 Å². The molecule has 0 spiro atoms. The number of pyridine rings is 3. The number of nitrogens with zero attached hydrogens (tertiary/aromatic N) is 6. The van der Waals surface area contributed by atoms with Crippen molar-refractivity contribution < 1.29 is 43.2 Å². The number of nitro groups is 3. The highest BCUT2D eigenvalue weighted by atomic mass is 16.6. The number of ether oxygens (including phenoxy) is 6. The highest BCUT2D eigenvalue weighted by Crippen LogP contribution is 2.43. The van der Waals surface area contributed by atoms with Gasteiger partial charge in [-0.15, -0.1) is 0 Å². The molecule has 2 aromatic carbocycles. The van der Waals surface area contributed by atoms with Gasteiger partial charge in [-0.3, -0.25) is 30.3 Å². The molecule has 0 saturated heterocycles. The zero-order chi connectivity index (χ0) is 31.2. The van der Waals surface area contributed by atoms with E-state index in [0.717, 1.165) is 18.2 Å². The lowest BCUT2D eigenvalue weighted by Crippen LogP contribution is -2.02. The van der Waals surface area contributed by atoms with Crippen LogP contribution < -0.4 is 28.4 Å². The standard InChI is InChI=1S/C27H12N6O12/c34-31(35)19-3-6-24-30-25(19)43-16-8-13-7-14(9-16)41-23-5-2-21(33(38)39)27(29-23)45-18-11-15(42-24)10-17(12-18)44-26-20(32(36)37)1-4-22(28-26)40-13/h1-12H. The molecule has 3 aliphatic rings. The average Bonchev–Trinajstić information content (AvgIpc) is 2.96. The molecule has 0 aliphatic carbocycles. The predicted molar refractivity (Wildman–Crippen MR) is 146 cm³/mol. The molecule has 0 amide bonds. The Labute approximate surface area is 248 Å². The molecule has 45 heavy (non-hydrogen) atoms. The Morgan fingerprint density at radius 2 is 0.644 bits per heavy atom. The molecule has 5 aromatic rings. The number of benzene rings is 2. The third kappa shape index (κ3) is 5.32. The van der Waals surface area contributed by atoms with E-state index in [-0.39, 0.29) is 52.1 Å². The van der Waals surface area contributed by atoms with Crippen LogP contribution in [0.4, 0.5) is 17.1 Å². The molecule has 0 N–H and O–H groups in total. The molecule has 12 bridgehead atoms. The molecule has 0 fully saturated rings. The number of hydrogen-bond donors (Lipinski definition) is 0. The van der Waals surface area contributed by atoms with E-state index < -0.39 is 49.5 Å². The summed E-state index contributed by atoms with van der Waals surface area (Å²) in [5.74, 6) is -2.31. The summed E-state index contributed by atoms with van der Waals surface area (Å²) in [5.41, 5.74) is -1.54. The zero-order valence-electron chi connectivity index (χ0n) is 22.0. The fourth-order valence-electron chi connectivity index (χ4n) is 4.20. The summed E-state index contributed by atoms with van der Waals surface area (Å²) in [5, 5.41) is 35.4. The molecule has 222 valence electrons. The van der Waals surface area contributed by atoms with Crippen molar-refractivity contribution in [3.63, 3.8) is 0 Å². The summed E-state index contributed by atoms with van der Waals surface area (Å²) in [6.45, 7) is 0. The van der Waals surface area contributed by atoms with E-state index in [9.17, 15) is 30.3 Å². The third-order valence-electron chi connectivity index (χ3n) is 6.05. The second kappa shape index (κ2) is 10.3. The summed E-state index contributed by atoms with van der Waals surface area (Å²) < 4.78 is 35.0. The molecule has 3 aromatic heterocycles. The van der Waals surface area contributed by atoms with E-state index in [4.69, 9.17) is 28.4 Å². The Morgan fingerprint density at radius 3 is 0.889 bits per heavy atom. The van der Waals surface area contributed by atoms with Crippen LogP contribution in [0.2, 0.25) is 0 Å². The van der Waals surface area contributed by atoms with Gasteiger partial charge < -0.3 is 28.4 Å². The van der Waals surface area contributed by atoms with Crippen LogP contribution in [-0.2, 0) is 0 Å². The van der Waals surface area contributed by atoms with Crippen LogP contribution in [0.25, 0.3) is 0 Å². The first-order chi connectivity index (χ1) is 21.7. The van der Waals surface area contributed by atoms with Crippen molar-refractivity contribution in [1.29, 1.82) is 0 Å². The summed E-state index contributed by atoms with van der Waals surface area (Å²) in [6.07, 6.45) is 0. The van der Waals surface area contributed by atoms with Gasteiger partial charge in [-0.2, -0.15) is 15.0 Å². The van der Waals surface area contributed by atoms with E-state index in [2.05, 4.69) is 15.0 Å². The van der Waals surface area contributed by atoms with Crippen molar-refractivity contribution >= 4 is 17.1 Å². The molecule has 0 saturated carbocycles. The second-order valence-corrected chi connectivity index (χ2v) is 9.09. The van der Waals surface area contributed by atoms with Gasteiger partial charge >= 0.3 is 34.7 Å². The Balaban J connectivity index is 1.53. The van der Waals surface area contributed by atoms with Gasteiger partial charge in [-0.05, 0) is 0 Å². The highest BCUT2D eigenvalue weighted by molar-refractivity contribution is 5.54. The molecule has 0 atom stereocenters. The Hall–Kier alpha value is -7.11. The summed E-state index contributed by atoms with van der Waals surface area (Å²) >= 11 is 0. The predicted octanol–water partition coefficient (Wildman–Crippen LogP) is 6.98. The quantitative estimate of drug-likeness (QED) is 0.145. The summed E-state index contributed by atoms with van der Waals surface area (Å²) in [6, 6.07) is 14.7. The zero-order valence-corrected chi connectivity index (χ0v) is 22.0. The maximum absolute atomic E-state index is 11.8. The number of rotatable bonds is 3. The van der Waals surface area contributed by atoms with E-state index in [0.29, 0.717) is 0 Å². The van der Waals surface area contributed by atoms with Crippen molar-refractivity contribution in [3.05, 3.63) is 103 Å². The van der Waals surface area contributed by atoms with Crippen LogP contribution in [0.3, 0.4) is 0 Å². The molecule has 18 heteroatoms. The maximum atomic E-state index is 11.8. The molecule has 8 rings (SSSR count). The van der Waals surface area contributed by atoms with Gasteiger partial charge in [0, 0.05) is 72.8 Å². The smallest absolute Gasteiger partial charge is 0.331 e. The maximum Gasteiger partial charge on any atom is 0.331 e. The monoisotopic (exact) mass is 612 g/mol. The van der Waals surface area contributed by atoms with Gasteiger partial charge in [0.15, 0.2) is 0 Å². The first-order valence-electron chi connectivity index (χ1n) is 12.5. The Morgan fingerprint density at radius 1 is 0.400 bits per heavy atom. The minimum Gasteiger partial charge on any atom is -0.439 e. The second-order valence-electron chi connectivity index (χ2n) is 9.09. The van der Waals surface area contributed by atoms with Crippen LogP contribution in [-0.4, -0.2) is 29.7 Å². The minimum absolute atomic E-state index is 0.00767. The van der Waals surface area contributed by atoms with Crippen LogP contribution in [0, 0.1) is 30.3 Å². The van der Waals surface area contributed by atoms with Crippen molar-refractivity contribution in [2.24, 2.45) is 0 Å². The van der Waals surface area contributed by atoms with Gasteiger partial charge in [0.2, 0.25) is 17.6 Å². The first-order valence-corrected chi connectivity index (χ1v) is 12.5. The van der Waals surface area contributed by atoms with Crippen LogP contribution >= 0.6 is 0 Å².